The molecule has 5 nitrogen and oxygen atoms in total. The van der Waals surface area contributed by atoms with Gasteiger partial charge in [-0.2, -0.15) is 0 Å². The summed E-state index contributed by atoms with van der Waals surface area (Å²) >= 11 is 0. The molecule has 102 valence electrons. The van der Waals surface area contributed by atoms with Crippen molar-refractivity contribution in [3.05, 3.63) is 53.6 Å². The number of amidine groups is 1. The predicted octanol–water partition coefficient (Wildman–Crippen LogP) is 2.28. The molecule has 0 amide bonds. The van der Waals surface area contributed by atoms with E-state index in [-0.39, 0.29) is 12.6 Å². The minimum atomic E-state index is -0.00807. The Bertz CT molecular complexity index is 655. The smallest absolute Gasteiger partial charge is 0.231 e. The molecule has 0 saturated carbocycles. The average Bonchev–Trinajstić information content (AvgIpc) is 2.92. The lowest BCUT2D eigenvalue weighted by Crippen LogP contribution is -2.13. The van der Waals surface area contributed by atoms with Gasteiger partial charge in [-0.25, -0.2) is 0 Å². The number of para-hydroxylation sites is 1. The van der Waals surface area contributed by atoms with Crippen LogP contribution in [0.1, 0.15) is 11.1 Å². The quantitative estimate of drug-likeness (QED) is 0.660. The van der Waals surface area contributed by atoms with E-state index >= 15 is 0 Å². The van der Waals surface area contributed by atoms with Crippen molar-refractivity contribution >= 4 is 5.84 Å². The Kier molecular flexibility index (Phi) is 3.16. The third kappa shape index (κ3) is 2.38. The van der Waals surface area contributed by atoms with Gasteiger partial charge in [-0.05, 0) is 29.8 Å². The zero-order valence-corrected chi connectivity index (χ0v) is 10.8. The SMILES string of the molecule is N=C(N)c1ccccc1OCc1ccc2c(c1)OCO2. The van der Waals surface area contributed by atoms with Gasteiger partial charge in [0.2, 0.25) is 6.79 Å². The fraction of sp³-hybridized carbons (Fsp3) is 0.133. The van der Waals surface area contributed by atoms with E-state index in [1.807, 2.05) is 30.3 Å². The fourth-order valence-electron chi connectivity index (χ4n) is 2.01. The van der Waals surface area contributed by atoms with Crippen LogP contribution in [0.15, 0.2) is 42.5 Å². The molecule has 1 aliphatic rings. The Morgan fingerprint density at radius 1 is 1.15 bits per heavy atom. The first-order valence-corrected chi connectivity index (χ1v) is 6.19. The van der Waals surface area contributed by atoms with E-state index in [1.165, 1.54) is 0 Å². The van der Waals surface area contributed by atoms with Crippen molar-refractivity contribution in [1.29, 1.82) is 5.41 Å². The summed E-state index contributed by atoms with van der Waals surface area (Å²) < 4.78 is 16.3. The van der Waals surface area contributed by atoms with Gasteiger partial charge in [-0.15, -0.1) is 0 Å². The van der Waals surface area contributed by atoms with E-state index in [9.17, 15) is 0 Å². The molecule has 0 fully saturated rings. The molecule has 0 aromatic heterocycles. The second-order valence-corrected chi connectivity index (χ2v) is 4.39. The second-order valence-electron chi connectivity index (χ2n) is 4.39. The van der Waals surface area contributed by atoms with Gasteiger partial charge in [0, 0.05) is 0 Å². The third-order valence-corrected chi connectivity index (χ3v) is 3.01. The van der Waals surface area contributed by atoms with Crippen molar-refractivity contribution in [2.45, 2.75) is 6.61 Å². The zero-order chi connectivity index (χ0) is 13.9. The fourth-order valence-corrected chi connectivity index (χ4v) is 2.01. The van der Waals surface area contributed by atoms with E-state index < -0.39 is 0 Å². The molecule has 1 aliphatic heterocycles. The number of benzene rings is 2. The second kappa shape index (κ2) is 5.13. The predicted molar refractivity (Wildman–Crippen MR) is 74.4 cm³/mol. The number of nitrogens with one attached hydrogen (secondary N) is 1. The third-order valence-electron chi connectivity index (χ3n) is 3.01. The summed E-state index contributed by atoms with van der Waals surface area (Å²) in [6, 6.07) is 12.9. The van der Waals surface area contributed by atoms with Crippen LogP contribution < -0.4 is 19.9 Å². The first kappa shape index (κ1) is 12.3. The van der Waals surface area contributed by atoms with Gasteiger partial charge >= 0.3 is 0 Å². The number of hydrogen-bond acceptors (Lipinski definition) is 4. The van der Waals surface area contributed by atoms with Gasteiger partial charge in [-0.3, -0.25) is 5.41 Å². The summed E-state index contributed by atoms with van der Waals surface area (Å²) in [4.78, 5) is 0. The molecule has 0 atom stereocenters. The van der Waals surface area contributed by atoms with Crippen molar-refractivity contribution in [3.8, 4) is 17.2 Å². The van der Waals surface area contributed by atoms with Gasteiger partial charge < -0.3 is 19.9 Å². The summed E-state index contributed by atoms with van der Waals surface area (Å²) in [7, 11) is 0. The summed E-state index contributed by atoms with van der Waals surface area (Å²) in [5.74, 6) is 2.06. The molecular weight excluding hydrogens is 256 g/mol. The Balaban J connectivity index is 1.75. The maximum atomic E-state index is 7.52. The summed E-state index contributed by atoms with van der Waals surface area (Å²) in [5, 5.41) is 7.52. The highest BCUT2D eigenvalue weighted by Gasteiger charge is 2.13. The maximum absolute atomic E-state index is 7.52. The van der Waals surface area contributed by atoms with Crippen LogP contribution in [0.5, 0.6) is 17.2 Å². The number of fused-ring (bicyclic) bond motifs is 1. The van der Waals surface area contributed by atoms with E-state index in [0.717, 1.165) is 17.1 Å². The first-order chi connectivity index (χ1) is 9.74. The van der Waals surface area contributed by atoms with Crippen molar-refractivity contribution in [3.63, 3.8) is 0 Å². The van der Waals surface area contributed by atoms with Gasteiger partial charge in [0.05, 0.1) is 5.56 Å². The molecule has 0 unspecified atom stereocenters. The topological polar surface area (TPSA) is 77.6 Å². The maximum Gasteiger partial charge on any atom is 0.231 e. The van der Waals surface area contributed by atoms with Crippen LogP contribution in [0.3, 0.4) is 0 Å². The number of nitrogens with two attached hydrogens (primary N) is 1. The van der Waals surface area contributed by atoms with E-state index in [1.54, 1.807) is 12.1 Å². The molecule has 5 heteroatoms. The molecule has 2 aromatic carbocycles. The van der Waals surface area contributed by atoms with Gasteiger partial charge in [0.15, 0.2) is 11.5 Å². The van der Waals surface area contributed by atoms with E-state index in [4.69, 9.17) is 25.4 Å². The number of hydrogen-bond donors (Lipinski definition) is 2. The lowest BCUT2D eigenvalue weighted by atomic mass is 10.2. The van der Waals surface area contributed by atoms with Crippen LogP contribution in [0.2, 0.25) is 0 Å². The molecule has 20 heavy (non-hydrogen) atoms. The normalized spacial score (nSPS) is 12.2. The van der Waals surface area contributed by atoms with Crippen LogP contribution in [0, 0.1) is 5.41 Å². The zero-order valence-electron chi connectivity index (χ0n) is 10.8. The van der Waals surface area contributed by atoms with Crippen LogP contribution in [0.25, 0.3) is 0 Å². The molecule has 0 radical (unpaired) electrons. The molecule has 0 aliphatic carbocycles. The van der Waals surface area contributed by atoms with Crippen molar-refractivity contribution in [2.24, 2.45) is 5.73 Å². The molecule has 0 bridgehead atoms. The summed E-state index contributed by atoms with van der Waals surface area (Å²) in [5.41, 5.74) is 7.08. The molecule has 2 aromatic rings. The highest BCUT2D eigenvalue weighted by atomic mass is 16.7. The lowest BCUT2D eigenvalue weighted by molar-refractivity contribution is 0.174. The molecular formula is C15H14N2O3. The van der Waals surface area contributed by atoms with Gasteiger partial charge in [0.25, 0.3) is 0 Å². The Labute approximate surface area is 116 Å². The molecule has 0 saturated heterocycles. The van der Waals surface area contributed by atoms with Crippen LogP contribution >= 0.6 is 0 Å². The minimum Gasteiger partial charge on any atom is -0.488 e. The molecule has 3 rings (SSSR count). The van der Waals surface area contributed by atoms with Crippen molar-refractivity contribution in [1.82, 2.24) is 0 Å². The van der Waals surface area contributed by atoms with Gasteiger partial charge in [-0.1, -0.05) is 18.2 Å². The molecule has 0 spiro atoms. The Morgan fingerprint density at radius 2 is 1.95 bits per heavy atom. The standard InChI is InChI=1S/C15H14N2O3/c16-15(17)11-3-1-2-4-12(11)18-8-10-5-6-13-14(7-10)20-9-19-13/h1-7H,8-9H2,(H3,16,17). The van der Waals surface area contributed by atoms with Crippen molar-refractivity contribution < 1.29 is 14.2 Å². The van der Waals surface area contributed by atoms with Crippen LogP contribution in [-0.2, 0) is 6.61 Å². The average molecular weight is 270 g/mol. The van der Waals surface area contributed by atoms with Crippen LogP contribution in [0.4, 0.5) is 0 Å². The van der Waals surface area contributed by atoms with Crippen LogP contribution in [-0.4, -0.2) is 12.6 Å². The monoisotopic (exact) mass is 270 g/mol. The lowest BCUT2D eigenvalue weighted by Gasteiger charge is -2.10. The number of rotatable bonds is 4. The van der Waals surface area contributed by atoms with Gasteiger partial charge in [0.1, 0.15) is 18.2 Å². The minimum absolute atomic E-state index is 0.00807. The highest BCUT2D eigenvalue weighted by Crippen LogP contribution is 2.32. The molecule has 1 heterocycles. The number of nitrogen functional groups attached to an aromatic ring is 1. The van der Waals surface area contributed by atoms with E-state index in [2.05, 4.69) is 0 Å². The molecule has 3 N–H and O–H groups in total. The summed E-state index contributed by atoms with van der Waals surface area (Å²) in [6.07, 6.45) is 0. The first-order valence-electron chi connectivity index (χ1n) is 6.19. The summed E-state index contributed by atoms with van der Waals surface area (Å²) in [6.45, 7) is 0.633. The largest absolute Gasteiger partial charge is 0.488 e. The highest BCUT2D eigenvalue weighted by molar-refractivity contribution is 5.97. The van der Waals surface area contributed by atoms with E-state index in [0.29, 0.717) is 17.9 Å². The number of ether oxygens (including phenoxy) is 3. The Hall–Kier alpha value is -2.69. The van der Waals surface area contributed by atoms with Crippen molar-refractivity contribution in [2.75, 3.05) is 6.79 Å². The Morgan fingerprint density at radius 3 is 2.80 bits per heavy atom.